The number of anilines is 1. The van der Waals surface area contributed by atoms with Crippen molar-refractivity contribution in [3.63, 3.8) is 0 Å². The summed E-state index contributed by atoms with van der Waals surface area (Å²) in [5.41, 5.74) is 0.523. The van der Waals surface area contributed by atoms with E-state index in [1.165, 1.54) is 59.5 Å². The predicted octanol–water partition coefficient (Wildman–Crippen LogP) is 5.39. The SMILES string of the molecule is CC[C@@H](C(=O)NCC(C)C)N(Cc1ccc(F)cc1)C(=O)CN(c1ccc(F)c(Cl)c1)S(=O)(=O)c1ccccc1. The second-order valence-corrected chi connectivity index (χ2v) is 11.9. The largest absolute Gasteiger partial charge is 0.354 e. The van der Waals surface area contributed by atoms with Crippen LogP contribution in [0.3, 0.4) is 0 Å². The highest BCUT2D eigenvalue weighted by molar-refractivity contribution is 7.92. The minimum Gasteiger partial charge on any atom is -0.354 e. The molecule has 3 aromatic rings. The third-order valence-corrected chi connectivity index (χ3v) is 8.22. The first kappa shape index (κ1) is 31.0. The molecule has 3 aromatic carbocycles. The maximum absolute atomic E-state index is 14.0. The van der Waals surface area contributed by atoms with E-state index in [9.17, 15) is 26.8 Å². The first-order valence-electron chi connectivity index (χ1n) is 12.8. The monoisotopic (exact) mass is 591 g/mol. The average molecular weight is 592 g/mol. The van der Waals surface area contributed by atoms with Gasteiger partial charge in [0.1, 0.15) is 24.2 Å². The minimum absolute atomic E-state index is 0.0253. The quantitative estimate of drug-likeness (QED) is 0.306. The summed E-state index contributed by atoms with van der Waals surface area (Å²) >= 11 is 5.97. The molecule has 2 amide bonds. The van der Waals surface area contributed by atoms with Crippen LogP contribution in [0, 0.1) is 17.6 Å². The Morgan fingerprint density at radius 1 is 0.975 bits per heavy atom. The van der Waals surface area contributed by atoms with E-state index in [4.69, 9.17) is 11.6 Å². The maximum Gasteiger partial charge on any atom is 0.264 e. The van der Waals surface area contributed by atoms with Gasteiger partial charge >= 0.3 is 0 Å². The number of carbonyl (C=O) groups is 2. The van der Waals surface area contributed by atoms with Crippen LogP contribution in [0.4, 0.5) is 14.5 Å². The van der Waals surface area contributed by atoms with Crippen LogP contribution in [0.2, 0.25) is 5.02 Å². The van der Waals surface area contributed by atoms with Crippen molar-refractivity contribution in [1.29, 1.82) is 0 Å². The Kier molecular flexibility index (Phi) is 10.6. The zero-order valence-corrected chi connectivity index (χ0v) is 24.1. The molecular weight excluding hydrogens is 560 g/mol. The van der Waals surface area contributed by atoms with Crippen LogP contribution in [0.1, 0.15) is 32.8 Å². The Labute approximate surface area is 238 Å². The Hall–Kier alpha value is -3.50. The highest BCUT2D eigenvalue weighted by Crippen LogP contribution is 2.28. The summed E-state index contributed by atoms with van der Waals surface area (Å²) < 4.78 is 55.8. The Morgan fingerprint density at radius 2 is 1.62 bits per heavy atom. The van der Waals surface area contributed by atoms with Crippen molar-refractivity contribution >= 4 is 39.1 Å². The zero-order chi connectivity index (χ0) is 29.4. The van der Waals surface area contributed by atoms with Crippen molar-refractivity contribution in [3.8, 4) is 0 Å². The van der Waals surface area contributed by atoms with Crippen molar-refractivity contribution in [2.75, 3.05) is 17.4 Å². The van der Waals surface area contributed by atoms with Gasteiger partial charge in [0, 0.05) is 13.1 Å². The van der Waals surface area contributed by atoms with Crippen LogP contribution in [-0.2, 0) is 26.2 Å². The number of hydrogen-bond donors (Lipinski definition) is 1. The van der Waals surface area contributed by atoms with Gasteiger partial charge in [-0.15, -0.1) is 0 Å². The third kappa shape index (κ3) is 7.79. The van der Waals surface area contributed by atoms with Gasteiger partial charge in [-0.25, -0.2) is 17.2 Å². The summed E-state index contributed by atoms with van der Waals surface area (Å²) in [6.45, 7) is 5.22. The number of benzene rings is 3. The molecule has 0 aliphatic heterocycles. The lowest BCUT2D eigenvalue weighted by molar-refractivity contribution is -0.140. The van der Waals surface area contributed by atoms with Crippen LogP contribution in [0.15, 0.2) is 77.7 Å². The molecule has 11 heteroatoms. The second kappa shape index (κ2) is 13.7. The van der Waals surface area contributed by atoms with Gasteiger partial charge in [0.2, 0.25) is 11.8 Å². The van der Waals surface area contributed by atoms with Gasteiger partial charge in [0.25, 0.3) is 10.0 Å². The molecule has 3 rings (SSSR count). The predicted molar refractivity (Wildman–Crippen MR) is 151 cm³/mol. The number of nitrogens with zero attached hydrogens (tertiary/aromatic N) is 2. The molecule has 0 saturated carbocycles. The first-order chi connectivity index (χ1) is 18.9. The van der Waals surface area contributed by atoms with E-state index in [1.807, 2.05) is 13.8 Å². The van der Waals surface area contributed by atoms with Gasteiger partial charge in [-0.2, -0.15) is 0 Å². The minimum atomic E-state index is -4.31. The number of nitrogens with one attached hydrogen (secondary N) is 1. The maximum atomic E-state index is 14.0. The number of halogens is 3. The fourth-order valence-electron chi connectivity index (χ4n) is 4.02. The van der Waals surface area contributed by atoms with E-state index in [2.05, 4.69) is 5.32 Å². The van der Waals surface area contributed by atoms with Crippen molar-refractivity contribution < 1.29 is 26.8 Å². The summed E-state index contributed by atoms with van der Waals surface area (Å²) in [7, 11) is -4.31. The zero-order valence-electron chi connectivity index (χ0n) is 22.5. The highest BCUT2D eigenvalue weighted by atomic mass is 35.5. The van der Waals surface area contributed by atoms with Crippen LogP contribution >= 0.6 is 11.6 Å². The van der Waals surface area contributed by atoms with Crippen LogP contribution < -0.4 is 9.62 Å². The van der Waals surface area contributed by atoms with Gasteiger partial charge in [-0.05, 0) is 60.4 Å². The summed E-state index contributed by atoms with van der Waals surface area (Å²) in [4.78, 5) is 28.3. The summed E-state index contributed by atoms with van der Waals surface area (Å²) in [5.74, 6) is -2.13. The second-order valence-electron chi connectivity index (χ2n) is 9.63. The number of sulfonamides is 1. The molecule has 7 nitrogen and oxygen atoms in total. The normalized spacial score (nSPS) is 12.2. The van der Waals surface area contributed by atoms with E-state index < -0.39 is 46.1 Å². The topological polar surface area (TPSA) is 86.8 Å². The molecule has 1 atom stereocenters. The molecule has 0 aliphatic rings. The van der Waals surface area contributed by atoms with E-state index in [-0.39, 0.29) is 34.5 Å². The number of amides is 2. The van der Waals surface area contributed by atoms with Gasteiger partial charge < -0.3 is 10.2 Å². The van der Waals surface area contributed by atoms with Crippen molar-refractivity contribution in [3.05, 3.63) is 95.0 Å². The molecule has 214 valence electrons. The third-order valence-electron chi connectivity index (χ3n) is 6.14. The molecular formula is C29H32ClF2N3O4S. The van der Waals surface area contributed by atoms with Gasteiger partial charge in [-0.3, -0.25) is 13.9 Å². The van der Waals surface area contributed by atoms with E-state index in [1.54, 1.807) is 13.0 Å². The Bertz CT molecular complexity index is 1420. The molecule has 0 saturated heterocycles. The van der Waals surface area contributed by atoms with Gasteiger partial charge in [0.05, 0.1) is 15.6 Å². The molecule has 0 aromatic heterocycles. The van der Waals surface area contributed by atoms with E-state index in [0.29, 0.717) is 12.1 Å². The van der Waals surface area contributed by atoms with Crippen molar-refractivity contribution in [2.45, 2.75) is 44.7 Å². The number of carbonyl (C=O) groups excluding carboxylic acids is 2. The van der Waals surface area contributed by atoms with Crippen LogP contribution in [0.5, 0.6) is 0 Å². The van der Waals surface area contributed by atoms with Crippen LogP contribution in [-0.4, -0.2) is 44.3 Å². The summed E-state index contributed by atoms with van der Waals surface area (Å²) in [6.07, 6.45) is 0.241. The van der Waals surface area contributed by atoms with E-state index in [0.717, 1.165) is 16.4 Å². The molecule has 0 spiro atoms. The molecule has 0 heterocycles. The van der Waals surface area contributed by atoms with Crippen molar-refractivity contribution in [1.82, 2.24) is 10.2 Å². The highest BCUT2D eigenvalue weighted by Gasteiger charge is 2.34. The Morgan fingerprint density at radius 3 is 2.20 bits per heavy atom. The molecule has 0 fully saturated rings. The smallest absolute Gasteiger partial charge is 0.264 e. The van der Waals surface area contributed by atoms with Gasteiger partial charge in [-0.1, -0.05) is 62.7 Å². The number of hydrogen-bond acceptors (Lipinski definition) is 4. The van der Waals surface area contributed by atoms with Crippen molar-refractivity contribution in [2.24, 2.45) is 5.92 Å². The fourth-order valence-corrected chi connectivity index (χ4v) is 5.62. The first-order valence-corrected chi connectivity index (χ1v) is 14.6. The molecule has 0 radical (unpaired) electrons. The average Bonchev–Trinajstić information content (AvgIpc) is 2.93. The van der Waals surface area contributed by atoms with Gasteiger partial charge in [0.15, 0.2) is 0 Å². The summed E-state index contributed by atoms with van der Waals surface area (Å²) in [5, 5.41) is 2.52. The molecule has 0 unspecified atom stereocenters. The molecule has 1 N–H and O–H groups in total. The lowest BCUT2D eigenvalue weighted by atomic mass is 10.1. The Balaban J connectivity index is 2.05. The standard InChI is InChI=1S/C29H32ClF2N3O4S/c1-4-27(29(37)33-17-20(2)3)34(18-21-10-12-22(31)13-11-21)28(36)19-35(23-14-15-26(32)25(30)16-23)40(38,39)24-8-6-5-7-9-24/h5-16,20,27H,4,17-19H2,1-3H3,(H,33,37)/t27-/m0/s1. The lowest BCUT2D eigenvalue weighted by Crippen LogP contribution is -2.52. The molecule has 0 bridgehead atoms. The van der Waals surface area contributed by atoms with Crippen LogP contribution in [0.25, 0.3) is 0 Å². The number of rotatable bonds is 12. The molecule has 40 heavy (non-hydrogen) atoms. The fraction of sp³-hybridized carbons (Fsp3) is 0.310. The lowest BCUT2D eigenvalue weighted by Gasteiger charge is -2.33. The summed E-state index contributed by atoms with van der Waals surface area (Å²) in [6, 6.07) is 15.4. The van der Waals surface area contributed by atoms with E-state index >= 15 is 0 Å². The molecule has 0 aliphatic carbocycles.